The Morgan fingerprint density at radius 3 is 2.62 bits per heavy atom. The maximum atomic E-state index is 15.9. The molecule has 15 heteroatoms. The Hall–Kier alpha value is -3.98. The van der Waals surface area contributed by atoms with Crippen LogP contribution in [0.25, 0.3) is 33.1 Å². The van der Waals surface area contributed by atoms with Gasteiger partial charge in [0.05, 0.1) is 11.2 Å². The molecule has 3 aromatic heterocycles. The third-order valence-corrected chi connectivity index (χ3v) is 10.7. The zero-order valence-corrected chi connectivity index (χ0v) is 26.0. The number of anilines is 3. The average molecular weight is 671 g/mol. The van der Waals surface area contributed by atoms with Crippen LogP contribution in [0, 0.1) is 5.82 Å². The van der Waals surface area contributed by atoms with Crippen molar-refractivity contribution in [3.63, 3.8) is 0 Å². The Balaban J connectivity index is 1.24. The third-order valence-electron chi connectivity index (χ3n) is 10.7. The molecular formula is C33H35F5N8O2. The number of fused-ring (bicyclic) bond motifs is 5. The molecule has 0 amide bonds. The van der Waals surface area contributed by atoms with Gasteiger partial charge in [0, 0.05) is 66.9 Å². The molecule has 4 N–H and O–H groups in total. The molecule has 2 bridgehead atoms. The highest BCUT2D eigenvalue weighted by Crippen LogP contribution is 2.49. The van der Waals surface area contributed by atoms with E-state index in [9.17, 15) is 17.6 Å². The second-order valence-electron chi connectivity index (χ2n) is 14.0. The molecule has 9 rings (SSSR count). The molecule has 48 heavy (non-hydrogen) atoms. The van der Waals surface area contributed by atoms with Crippen molar-refractivity contribution < 1.29 is 31.1 Å². The van der Waals surface area contributed by atoms with Crippen LogP contribution in [-0.2, 0) is 6.18 Å². The van der Waals surface area contributed by atoms with Crippen LogP contribution in [0.15, 0.2) is 22.7 Å². The Labute approximate surface area is 272 Å². The molecule has 1 saturated carbocycles. The summed E-state index contributed by atoms with van der Waals surface area (Å²) in [5.41, 5.74) is 4.67. The summed E-state index contributed by atoms with van der Waals surface area (Å²) in [7, 11) is 0. The lowest BCUT2D eigenvalue weighted by Gasteiger charge is -2.34. The average Bonchev–Trinajstić information content (AvgIpc) is 3.36. The summed E-state index contributed by atoms with van der Waals surface area (Å²) in [4.78, 5) is 18.7. The smallest absolute Gasteiger partial charge is 0.422 e. The van der Waals surface area contributed by atoms with Crippen LogP contribution in [0.2, 0.25) is 0 Å². The van der Waals surface area contributed by atoms with Crippen LogP contribution >= 0.6 is 0 Å². The number of halogens is 5. The first-order valence-electron chi connectivity index (χ1n) is 16.6. The number of hydrogen-bond acceptors (Lipinski definition) is 10. The fourth-order valence-electron chi connectivity index (χ4n) is 8.44. The molecule has 0 spiro atoms. The number of nitrogens with one attached hydrogen (secondary N) is 2. The van der Waals surface area contributed by atoms with Crippen molar-refractivity contribution in [3.05, 3.63) is 29.7 Å². The van der Waals surface area contributed by atoms with Crippen LogP contribution in [0.3, 0.4) is 0 Å². The second kappa shape index (κ2) is 10.8. The fourth-order valence-corrected chi connectivity index (χ4v) is 8.44. The van der Waals surface area contributed by atoms with E-state index in [0.29, 0.717) is 48.6 Å². The van der Waals surface area contributed by atoms with Crippen molar-refractivity contribution in [1.82, 2.24) is 25.2 Å². The van der Waals surface area contributed by atoms with E-state index in [1.807, 2.05) is 0 Å². The lowest BCUT2D eigenvalue weighted by molar-refractivity contribution is -0.135. The van der Waals surface area contributed by atoms with Crippen LogP contribution in [0.1, 0.15) is 50.5 Å². The van der Waals surface area contributed by atoms with Gasteiger partial charge in [-0.3, -0.25) is 4.90 Å². The molecule has 0 radical (unpaired) electrons. The van der Waals surface area contributed by atoms with E-state index in [2.05, 4.69) is 20.4 Å². The molecule has 4 saturated heterocycles. The predicted octanol–water partition coefficient (Wildman–Crippen LogP) is 5.65. The molecule has 4 aliphatic heterocycles. The van der Waals surface area contributed by atoms with Crippen molar-refractivity contribution in [2.24, 2.45) is 0 Å². The number of rotatable bonds is 7. The van der Waals surface area contributed by atoms with E-state index in [4.69, 9.17) is 29.8 Å². The summed E-state index contributed by atoms with van der Waals surface area (Å²) in [6.45, 7) is 2.72. The Kier molecular flexibility index (Phi) is 6.75. The number of aromatic nitrogens is 3. The van der Waals surface area contributed by atoms with Crippen LogP contribution in [0.5, 0.6) is 6.01 Å². The van der Waals surface area contributed by atoms with E-state index >= 15 is 4.39 Å². The molecule has 4 aromatic rings. The van der Waals surface area contributed by atoms with Gasteiger partial charge in [-0.25, -0.2) is 13.8 Å². The first kappa shape index (κ1) is 30.1. The highest BCUT2D eigenvalue weighted by atomic mass is 19.4. The predicted molar refractivity (Wildman–Crippen MR) is 169 cm³/mol. The highest BCUT2D eigenvalue weighted by Gasteiger charge is 2.49. The summed E-state index contributed by atoms with van der Waals surface area (Å²) in [6, 6.07) is 2.82. The van der Waals surface area contributed by atoms with E-state index in [-0.39, 0.29) is 47.5 Å². The molecule has 1 aliphatic carbocycles. The third kappa shape index (κ3) is 4.91. The molecule has 2 unspecified atom stereocenters. The van der Waals surface area contributed by atoms with Gasteiger partial charge in [0.1, 0.15) is 40.8 Å². The minimum atomic E-state index is -4.91. The topological polar surface area (TPSA) is 118 Å². The molecule has 1 aromatic carbocycles. The standard InChI is InChI=1S/C33H35F5N8O2/c34-16-10-32(8-1-9-46(32)12-16)15-47-31-43-27-26(42-17-2-3-17)20(11-40-28(27)30(44-31)45-13-18-4-5-19(14-45)41-18)23-21(35)6-7-22-24(23)25(29(39)48-22)33(36,37)38/h6-7,11,16-19,41H,1-5,8-10,12-15,39H2,(H,40,42)/t16-,18?,19?,32+/m1/s1. The molecule has 10 nitrogen and oxygen atoms in total. The number of nitrogens with two attached hydrogens (primary N) is 1. The van der Waals surface area contributed by atoms with Gasteiger partial charge in [0.15, 0.2) is 5.82 Å². The van der Waals surface area contributed by atoms with Gasteiger partial charge in [0.2, 0.25) is 5.88 Å². The first-order chi connectivity index (χ1) is 23.1. The number of ether oxygens (including phenoxy) is 1. The van der Waals surface area contributed by atoms with Crippen molar-refractivity contribution in [3.8, 4) is 17.1 Å². The maximum absolute atomic E-state index is 15.9. The summed E-state index contributed by atoms with van der Waals surface area (Å²) in [6.07, 6.45) is 1.37. The molecule has 254 valence electrons. The number of alkyl halides is 4. The number of nitrogen functional groups attached to an aromatic ring is 1. The largest absolute Gasteiger partial charge is 0.461 e. The summed E-state index contributed by atoms with van der Waals surface area (Å²) >= 11 is 0. The number of pyridine rings is 1. The Morgan fingerprint density at radius 2 is 1.88 bits per heavy atom. The van der Waals surface area contributed by atoms with Crippen LogP contribution in [-0.4, -0.2) is 82.5 Å². The van der Waals surface area contributed by atoms with Gasteiger partial charge >= 0.3 is 12.2 Å². The highest BCUT2D eigenvalue weighted by molar-refractivity contribution is 6.07. The van der Waals surface area contributed by atoms with Gasteiger partial charge in [-0.05, 0) is 57.2 Å². The number of piperazine rings is 1. The number of benzene rings is 1. The summed E-state index contributed by atoms with van der Waals surface area (Å²) in [5, 5.41) is 6.56. The number of nitrogens with zero attached hydrogens (tertiary/aromatic N) is 5. The number of hydrogen-bond donors (Lipinski definition) is 3. The van der Waals surface area contributed by atoms with E-state index in [1.165, 1.54) is 6.20 Å². The SMILES string of the molecule is Nc1oc2ccc(F)c(-c3cnc4c(N5CC6CCC(C5)N6)nc(OC[C@@]56CCCN5C[C@H](F)C6)nc4c3NC3CC3)c2c1C(F)(F)F. The maximum Gasteiger partial charge on any atom is 0.422 e. The number of furan rings is 1. The molecule has 7 heterocycles. The summed E-state index contributed by atoms with van der Waals surface area (Å²) < 4.78 is 85.2. The normalized spacial score (nSPS) is 27.4. The first-order valence-corrected chi connectivity index (χ1v) is 16.6. The van der Waals surface area contributed by atoms with Gasteiger partial charge in [-0.2, -0.15) is 23.1 Å². The zero-order chi connectivity index (χ0) is 32.9. The van der Waals surface area contributed by atoms with Crippen LogP contribution in [0.4, 0.5) is 39.3 Å². The van der Waals surface area contributed by atoms with Crippen molar-refractivity contribution in [2.75, 3.05) is 48.7 Å². The lowest BCUT2D eigenvalue weighted by atomic mass is 9.95. The van der Waals surface area contributed by atoms with E-state index in [0.717, 1.165) is 57.2 Å². The van der Waals surface area contributed by atoms with Gasteiger partial charge in [-0.1, -0.05) is 0 Å². The fraction of sp³-hybridized carbons (Fsp3) is 0.545. The monoisotopic (exact) mass is 670 g/mol. The van der Waals surface area contributed by atoms with E-state index < -0.39 is 40.5 Å². The minimum Gasteiger partial charge on any atom is -0.461 e. The lowest BCUT2D eigenvalue weighted by Crippen LogP contribution is -2.51. The Morgan fingerprint density at radius 1 is 1.08 bits per heavy atom. The van der Waals surface area contributed by atoms with Gasteiger partial charge in [-0.15, -0.1) is 0 Å². The molecule has 4 atom stereocenters. The van der Waals surface area contributed by atoms with Crippen molar-refractivity contribution in [1.29, 1.82) is 0 Å². The van der Waals surface area contributed by atoms with Gasteiger partial charge in [0.25, 0.3) is 0 Å². The molecular weight excluding hydrogens is 635 g/mol. The molecule has 5 aliphatic rings. The zero-order valence-electron chi connectivity index (χ0n) is 26.0. The van der Waals surface area contributed by atoms with Crippen molar-refractivity contribution >= 4 is 39.4 Å². The Bertz CT molecular complexity index is 1920. The second-order valence-corrected chi connectivity index (χ2v) is 14.0. The quantitative estimate of drug-likeness (QED) is 0.213. The van der Waals surface area contributed by atoms with Crippen molar-refractivity contribution in [2.45, 2.75) is 81.0 Å². The minimum absolute atomic E-state index is 0.0110. The molecule has 5 fully saturated rings. The van der Waals surface area contributed by atoms with Crippen LogP contribution < -0.4 is 26.0 Å². The van der Waals surface area contributed by atoms with E-state index in [1.54, 1.807) is 0 Å². The summed E-state index contributed by atoms with van der Waals surface area (Å²) in [5.74, 6) is -1.19. The van der Waals surface area contributed by atoms with Gasteiger partial charge < -0.3 is 30.4 Å².